The number of hydrogen-bond donors (Lipinski definition) is 0. The van der Waals surface area contributed by atoms with Gasteiger partial charge in [0.15, 0.2) is 5.78 Å². The zero-order chi connectivity index (χ0) is 30.5. The van der Waals surface area contributed by atoms with Gasteiger partial charge in [-0.05, 0) is 51.0 Å². The summed E-state index contributed by atoms with van der Waals surface area (Å²) in [5.74, 6) is -0.362. The maximum absolute atomic E-state index is 12.3. The smallest absolute Gasteiger partial charge is 0.338 e. The molecule has 0 fully saturated rings. The molecule has 0 aliphatic heterocycles. The number of esters is 2. The van der Waals surface area contributed by atoms with Crippen LogP contribution in [-0.2, 0) is 44.6 Å². The molecule has 42 heavy (non-hydrogen) atoms. The molecule has 0 bridgehead atoms. The van der Waals surface area contributed by atoms with Gasteiger partial charge in [-0.3, -0.25) is 9.59 Å². The van der Waals surface area contributed by atoms with Gasteiger partial charge in [0.1, 0.15) is 24.6 Å². The minimum Gasteiger partial charge on any atom is -0.486 e. The van der Waals surface area contributed by atoms with Crippen LogP contribution >= 0.6 is 0 Å². The van der Waals surface area contributed by atoms with Crippen molar-refractivity contribution in [2.45, 2.75) is 52.2 Å². The summed E-state index contributed by atoms with van der Waals surface area (Å²) in [6, 6.07) is 16.0. The van der Waals surface area contributed by atoms with Crippen molar-refractivity contribution in [3.63, 3.8) is 0 Å². The fraction of sp³-hybridized carbons (Fsp3) is 0.531. The summed E-state index contributed by atoms with van der Waals surface area (Å²) in [4.78, 5) is 36.0. The van der Waals surface area contributed by atoms with E-state index in [1.807, 2.05) is 51.1 Å². The lowest BCUT2D eigenvalue weighted by atomic mass is 10.2. The second-order valence-corrected chi connectivity index (χ2v) is 10.3. The summed E-state index contributed by atoms with van der Waals surface area (Å²) in [5.41, 5.74) is 0.775. The van der Waals surface area contributed by atoms with Crippen molar-refractivity contribution in [1.82, 2.24) is 0 Å². The molecule has 0 aliphatic carbocycles. The first kappa shape index (κ1) is 34.9. The molecule has 2 aromatic rings. The zero-order valence-electron chi connectivity index (χ0n) is 25.0. The summed E-state index contributed by atoms with van der Waals surface area (Å²) in [6.45, 7) is 8.85. The summed E-state index contributed by atoms with van der Waals surface area (Å²) in [6.07, 6.45) is 1.12. The summed E-state index contributed by atoms with van der Waals surface area (Å²) >= 11 is 0. The second-order valence-electron chi connectivity index (χ2n) is 10.3. The van der Waals surface area contributed by atoms with Gasteiger partial charge in [0.25, 0.3) is 0 Å². The van der Waals surface area contributed by atoms with Crippen LogP contribution in [0, 0.1) is 0 Å². The largest absolute Gasteiger partial charge is 0.486 e. The number of rotatable bonds is 22. The Morgan fingerprint density at radius 3 is 1.95 bits per heavy atom. The molecule has 232 valence electrons. The predicted octanol–water partition coefficient (Wildman–Crippen LogP) is 4.57. The molecule has 2 rings (SSSR count). The van der Waals surface area contributed by atoms with Crippen LogP contribution < -0.4 is 4.74 Å². The van der Waals surface area contributed by atoms with Crippen molar-refractivity contribution in [2.24, 2.45) is 0 Å². The van der Waals surface area contributed by atoms with Crippen LogP contribution in [-0.4, -0.2) is 82.8 Å². The molecule has 2 aromatic carbocycles. The Balaban J connectivity index is 1.40. The minimum atomic E-state index is -0.487. The lowest BCUT2D eigenvalue weighted by molar-refractivity contribution is -0.156. The second kappa shape index (κ2) is 20.5. The van der Waals surface area contributed by atoms with E-state index in [-0.39, 0.29) is 31.4 Å². The lowest BCUT2D eigenvalue weighted by Gasteiger charge is -2.19. The van der Waals surface area contributed by atoms with E-state index >= 15 is 0 Å². The van der Waals surface area contributed by atoms with E-state index in [2.05, 4.69) is 0 Å². The highest BCUT2D eigenvalue weighted by Crippen LogP contribution is 2.15. The van der Waals surface area contributed by atoms with Gasteiger partial charge in [-0.25, -0.2) is 4.79 Å². The van der Waals surface area contributed by atoms with E-state index in [1.165, 1.54) is 0 Å². The number of carbonyl (C=O) groups is 3. The molecule has 0 radical (unpaired) electrons. The van der Waals surface area contributed by atoms with E-state index in [9.17, 15) is 14.4 Å². The van der Waals surface area contributed by atoms with E-state index in [4.69, 9.17) is 33.2 Å². The van der Waals surface area contributed by atoms with E-state index in [0.717, 1.165) is 5.56 Å². The highest BCUT2D eigenvalue weighted by atomic mass is 16.6. The molecule has 10 heteroatoms. The van der Waals surface area contributed by atoms with Gasteiger partial charge in [-0.15, -0.1) is 0 Å². The molecule has 0 atom stereocenters. The molecule has 0 aliphatic rings. The number of ether oxygens (including phenoxy) is 7. The first-order valence-corrected chi connectivity index (χ1v) is 14.2. The molecule has 0 amide bonds. The Bertz CT molecular complexity index is 1050. The van der Waals surface area contributed by atoms with Gasteiger partial charge < -0.3 is 33.2 Å². The fourth-order valence-electron chi connectivity index (χ4n) is 3.44. The molecule has 0 saturated carbocycles. The molecule has 0 N–H and O–H groups in total. The minimum absolute atomic E-state index is 0.0575. The molecule has 0 spiro atoms. The van der Waals surface area contributed by atoms with Crippen molar-refractivity contribution < 1.29 is 47.5 Å². The molecule has 0 unspecified atom stereocenters. The normalized spacial score (nSPS) is 11.2. The van der Waals surface area contributed by atoms with Gasteiger partial charge in [0.2, 0.25) is 0 Å². The fourth-order valence-corrected chi connectivity index (χ4v) is 3.44. The molecule has 0 heterocycles. The Labute approximate surface area is 248 Å². The summed E-state index contributed by atoms with van der Waals surface area (Å²) in [7, 11) is 0. The average Bonchev–Trinajstić information content (AvgIpc) is 2.96. The maximum Gasteiger partial charge on any atom is 0.338 e. The van der Waals surface area contributed by atoms with E-state index in [0.29, 0.717) is 77.0 Å². The standard InChI is InChI=1S/C32H44O10/c1-32(2,3)42-30(34)14-16-37-18-20-39-22-21-38-19-17-36-15-8-12-28(33)25-40-29-13-7-11-27(23-29)31(35)41-24-26-9-5-4-6-10-26/h4-7,9-11,13,23H,8,12,14-22,24-25H2,1-3H3. The van der Waals surface area contributed by atoms with Crippen molar-refractivity contribution in [2.75, 3.05) is 59.5 Å². The van der Waals surface area contributed by atoms with Gasteiger partial charge in [-0.2, -0.15) is 0 Å². The highest BCUT2D eigenvalue weighted by Gasteiger charge is 2.15. The van der Waals surface area contributed by atoms with Crippen LogP contribution in [0.2, 0.25) is 0 Å². The van der Waals surface area contributed by atoms with Crippen molar-refractivity contribution in [1.29, 1.82) is 0 Å². The average molecular weight is 589 g/mol. The number of ketones is 1. The quantitative estimate of drug-likeness (QED) is 0.143. The van der Waals surface area contributed by atoms with E-state index < -0.39 is 11.6 Å². The third kappa shape index (κ3) is 17.5. The molecular weight excluding hydrogens is 544 g/mol. The molecule has 10 nitrogen and oxygen atoms in total. The van der Waals surface area contributed by atoms with Crippen LogP contribution in [0.1, 0.15) is 56.0 Å². The summed E-state index contributed by atoms with van der Waals surface area (Å²) in [5, 5.41) is 0. The third-order valence-corrected chi connectivity index (χ3v) is 5.41. The topological polar surface area (TPSA) is 116 Å². The summed E-state index contributed by atoms with van der Waals surface area (Å²) < 4.78 is 37.8. The number of carbonyl (C=O) groups excluding carboxylic acids is 3. The van der Waals surface area contributed by atoms with Gasteiger partial charge in [0.05, 0.1) is 58.2 Å². The Kier molecular flexibility index (Phi) is 17.1. The number of hydrogen-bond acceptors (Lipinski definition) is 10. The first-order valence-electron chi connectivity index (χ1n) is 14.2. The van der Waals surface area contributed by atoms with Crippen molar-refractivity contribution >= 4 is 17.7 Å². The number of Topliss-reactive ketones (excluding diaryl/α,β-unsaturated/α-hetero) is 1. The number of benzene rings is 2. The lowest BCUT2D eigenvalue weighted by Crippen LogP contribution is -2.24. The van der Waals surface area contributed by atoms with Crippen molar-refractivity contribution in [3.8, 4) is 5.75 Å². The van der Waals surface area contributed by atoms with Crippen LogP contribution in [0.5, 0.6) is 5.75 Å². The van der Waals surface area contributed by atoms with Crippen molar-refractivity contribution in [3.05, 3.63) is 65.7 Å². The SMILES string of the molecule is CC(C)(C)OC(=O)CCOCCOCCOCCOCCCC(=O)COc1cccc(C(=O)OCc2ccccc2)c1. The highest BCUT2D eigenvalue weighted by molar-refractivity contribution is 5.89. The first-order chi connectivity index (χ1) is 20.2. The third-order valence-electron chi connectivity index (χ3n) is 5.41. The van der Waals surface area contributed by atoms with Crippen LogP contribution in [0.25, 0.3) is 0 Å². The predicted molar refractivity (Wildman–Crippen MR) is 155 cm³/mol. The molecule has 0 aromatic heterocycles. The van der Waals surface area contributed by atoms with Gasteiger partial charge >= 0.3 is 11.9 Å². The van der Waals surface area contributed by atoms with Gasteiger partial charge in [0, 0.05) is 13.0 Å². The Morgan fingerprint density at radius 1 is 0.690 bits per heavy atom. The van der Waals surface area contributed by atoms with Crippen LogP contribution in [0.3, 0.4) is 0 Å². The van der Waals surface area contributed by atoms with Crippen LogP contribution in [0.4, 0.5) is 0 Å². The molecular formula is C32H44O10. The van der Waals surface area contributed by atoms with E-state index in [1.54, 1.807) is 24.3 Å². The molecule has 0 saturated heterocycles. The Hall–Kier alpha value is -3.31. The zero-order valence-corrected chi connectivity index (χ0v) is 25.0. The van der Waals surface area contributed by atoms with Gasteiger partial charge in [-0.1, -0.05) is 36.4 Å². The maximum atomic E-state index is 12.3. The van der Waals surface area contributed by atoms with Crippen LogP contribution in [0.15, 0.2) is 54.6 Å². The monoisotopic (exact) mass is 588 g/mol. The Morgan fingerprint density at radius 2 is 1.31 bits per heavy atom.